The predicted octanol–water partition coefficient (Wildman–Crippen LogP) is 0.865. The molecular weight excluding hydrogens is 264 g/mol. The third-order valence-corrected chi connectivity index (χ3v) is 5.51. The van der Waals surface area contributed by atoms with Crippen LogP contribution in [0.1, 0.15) is 28.8 Å². The van der Waals surface area contributed by atoms with E-state index in [0.717, 1.165) is 0 Å². The highest BCUT2D eigenvalue weighted by Gasteiger charge is 2.31. The standard InChI is InChI=1S/C13H14N2O3S/c14-8-10-3-5-11(6-4-10)13(16)15-9-12-2-1-7-19(12,17)18/h3-6,12H,1-2,7,9H2,(H,15,16). The van der Waals surface area contributed by atoms with Gasteiger partial charge in [0.2, 0.25) is 0 Å². The van der Waals surface area contributed by atoms with Gasteiger partial charge in [-0.05, 0) is 37.1 Å². The molecule has 2 rings (SSSR count). The van der Waals surface area contributed by atoms with Crippen molar-refractivity contribution in [3.8, 4) is 6.07 Å². The summed E-state index contributed by atoms with van der Waals surface area (Å²) in [6.45, 7) is 0.154. The molecule has 1 N–H and O–H groups in total. The summed E-state index contributed by atoms with van der Waals surface area (Å²) < 4.78 is 23.2. The Bertz CT molecular complexity index is 614. The van der Waals surface area contributed by atoms with Crippen LogP contribution in [0.5, 0.6) is 0 Å². The number of carbonyl (C=O) groups is 1. The van der Waals surface area contributed by atoms with Crippen molar-refractivity contribution in [2.45, 2.75) is 18.1 Å². The van der Waals surface area contributed by atoms with E-state index < -0.39 is 15.1 Å². The van der Waals surface area contributed by atoms with Crippen molar-refractivity contribution in [2.75, 3.05) is 12.3 Å². The smallest absolute Gasteiger partial charge is 0.251 e. The molecule has 1 atom stereocenters. The first-order valence-electron chi connectivity index (χ1n) is 6.03. The van der Waals surface area contributed by atoms with Gasteiger partial charge in [-0.25, -0.2) is 8.42 Å². The molecule has 0 aliphatic carbocycles. The van der Waals surface area contributed by atoms with Gasteiger partial charge in [-0.1, -0.05) is 0 Å². The molecule has 5 nitrogen and oxygen atoms in total. The van der Waals surface area contributed by atoms with Crippen LogP contribution in [0.3, 0.4) is 0 Å². The lowest BCUT2D eigenvalue weighted by Gasteiger charge is -2.10. The lowest BCUT2D eigenvalue weighted by molar-refractivity contribution is 0.0953. The van der Waals surface area contributed by atoms with E-state index in [0.29, 0.717) is 24.0 Å². The van der Waals surface area contributed by atoms with Gasteiger partial charge in [-0.2, -0.15) is 5.26 Å². The first-order chi connectivity index (χ1) is 9.03. The minimum Gasteiger partial charge on any atom is -0.351 e. The third-order valence-electron chi connectivity index (χ3n) is 3.23. The highest BCUT2D eigenvalue weighted by Crippen LogP contribution is 2.19. The monoisotopic (exact) mass is 278 g/mol. The maximum Gasteiger partial charge on any atom is 0.251 e. The van der Waals surface area contributed by atoms with Crippen molar-refractivity contribution in [1.29, 1.82) is 5.26 Å². The maximum atomic E-state index is 11.8. The molecule has 6 heteroatoms. The van der Waals surface area contributed by atoms with Crippen molar-refractivity contribution in [1.82, 2.24) is 5.32 Å². The van der Waals surface area contributed by atoms with Crippen molar-refractivity contribution >= 4 is 15.7 Å². The van der Waals surface area contributed by atoms with Gasteiger partial charge in [0.05, 0.1) is 22.6 Å². The topological polar surface area (TPSA) is 87.0 Å². The predicted molar refractivity (Wildman–Crippen MR) is 70.3 cm³/mol. The van der Waals surface area contributed by atoms with Crippen LogP contribution in [0.15, 0.2) is 24.3 Å². The van der Waals surface area contributed by atoms with E-state index in [9.17, 15) is 13.2 Å². The van der Waals surface area contributed by atoms with E-state index in [4.69, 9.17) is 5.26 Å². The van der Waals surface area contributed by atoms with E-state index in [1.165, 1.54) is 0 Å². The molecule has 1 aromatic rings. The Balaban J connectivity index is 1.96. The van der Waals surface area contributed by atoms with Crippen LogP contribution in [-0.4, -0.2) is 31.9 Å². The Morgan fingerprint density at radius 2 is 2.05 bits per heavy atom. The molecule has 0 radical (unpaired) electrons. The van der Waals surface area contributed by atoms with Gasteiger partial charge in [-0.3, -0.25) is 4.79 Å². The van der Waals surface area contributed by atoms with Gasteiger partial charge in [0.15, 0.2) is 9.84 Å². The minimum absolute atomic E-state index is 0.154. The van der Waals surface area contributed by atoms with E-state index in [-0.39, 0.29) is 18.2 Å². The fraction of sp³-hybridized carbons (Fsp3) is 0.385. The van der Waals surface area contributed by atoms with E-state index in [1.807, 2.05) is 6.07 Å². The van der Waals surface area contributed by atoms with Gasteiger partial charge in [-0.15, -0.1) is 0 Å². The quantitative estimate of drug-likeness (QED) is 0.888. The molecule has 0 saturated carbocycles. The lowest BCUT2D eigenvalue weighted by atomic mass is 10.1. The fourth-order valence-corrected chi connectivity index (χ4v) is 3.86. The zero-order chi connectivity index (χ0) is 13.9. The second-order valence-corrected chi connectivity index (χ2v) is 6.93. The molecule has 19 heavy (non-hydrogen) atoms. The second-order valence-electron chi connectivity index (χ2n) is 4.53. The van der Waals surface area contributed by atoms with Crippen LogP contribution in [0, 0.1) is 11.3 Å². The molecule has 1 aliphatic heterocycles. The average molecular weight is 278 g/mol. The Morgan fingerprint density at radius 3 is 2.58 bits per heavy atom. The van der Waals surface area contributed by atoms with Crippen LogP contribution < -0.4 is 5.32 Å². The average Bonchev–Trinajstić information content (AvgIpc) is 2.75. The molecule has 1 unspecified atom stereocenters. The Labute approximate surface area is 112 Å². The molecule has 0 spiro atoms. The Hall–Kier alpha value is -1.87. The van der Waals surface area contributed by atoms with E-state index in [1.54, 1.807) is 24.3 Å². The number of hydrogen-bond donors (Lipinski definition) is 1. The SMILES string of the molecule is N#Cc1ccc(C(=O)NCC2CCCS2(=O)=O)cc1. The summed E-state index contributed by atoms with van der Waals surface area (Å²) in [4.78, 5) is 11.8. The highest BCUT2D eigenvalue weighted by molar-refractivity contribution is 7.92. The minimum atomic E-state index is -3.03. The van der Waals surface area contributed by atoms with Crippen LogP contribution in [0.4, 0.5) is 0 Å². The molecule has 1 fully saturated rings. The Morgan fingerprint density at radius 1 is 1.37 bits per heavy atom. The molecule has 1 amide bonds. The molecule has 0 bridgehead atoms. The van der Waals surface area contributed by atoms with Crippen LogP contribution in [-0.2, 0) is 9.84 Å². The van der Waals surface area contributed by atoms with Crippen molar-refractivity contribution in [3.05, 3.63) is 35.4 Å². The second kappa shape index (κ2) is 5.41. The van der Waals surface area contributed by atoms with Gasteiger partial charge in [0, 0.05) is 12.1 Å². The first-order valence-corrected chi connectivity index (χ1v) is 7.74. The van der Waals surface area contributed by atoms with Gasteiger partial charge in [0.25, 0.3) is 5.91 Å². The van der Waals surface area contributed by atoms with Crippen molar-refractivity contribution in [2.24, 2.45) is 0 Å². The molecule has 1 aromatic carbocycles. The lowest BCUT2D eigenvalue weighted by Crippen LogP contribution is -2.34. The number of nitrogens with one attached hydrogen (secondary N) is 1. The number of carbonyl (C=O) groups excluding carboxylic acids is 1. The normalized spacial score (nSPS) is 20.7. The number of amides is 1. The third kappa shape index (κ3) is 3.12. The summed E-state index contributed by atoms with van der Waals surface area (Å²) in [6, 6.07) is 8.19. The zero-order valence-electron chi connectivity index (χ0n) is 10.3. The summed E-state index contributed by atoms with van der Waals surface area (Å²) in [5.74, 6) is -0.101. The van der Waals surface area contributed by atoms with Crippen molar-refractivity contribution in [3.63, 3.8) is 0 Å². The molecule has 1 heterocycles. The number of nitrogens with zero attached hydrogens (tertiary/aromatic N) is 1. The van der Waals surface area contributed by atoms with E-state index >= 15 is 0 Å². The van der Waals surface area contributed by atoms with Gasteiger partial charge < -0.3 is 5.32 Å². The number of nitriles is 1. The van der Waals surface area contributed by atoms with Crippen LogP contribution in [0.25, 0.3) is 0 Å². The van der Waals surface area contributed by atoms with Crippen molar-refractivity contribution < 1.29 is 13.2 Å². The van der Waals surface area contributed by atoms with Crippen LogP contribution in [0.2, 0.25) is 0 Å². The molecule has 1 aliphatic rings. The zero-order valence-corrected chi connectivity index (χ0v) is 11.1. The fourth-order valence-electron chi connectivity index (χ4n) is 2.09. The molecule has 1 saturated heterocycles. The van der Waals surface area contributed by atoms with Gasteiger partial charge >= 0.3 is 0 Å². The molecule has 0 aromatic heterocycles. The summed E-state index contributed by atoms with van der Waals surface area (Å²) in [7, 11) is -3.03. The first kappa shape index (κ1) is 13.6. The summed E-state index contributed by atoms with van der Waals surface area (Å²) in [6.07, 6.45) is 1.27. The number of rotatable bonds is 3. The van der Waals surface area contributed by atoms with Gasteiger partial charge in [0.1, 0.15) is 0 Å². The Kier molecular flexibility index (Phi) is 3.86. The largest absolute Gasteiger partial charge is 0.351 e. The maximum absolute atomic E-state index is 11.8. The number of hydrogen-bond acceptors (Lipinski definition) is 4. The highest BCUT2D eigenvalue weighted by atomic mass is 32.2. The molecular formula is C13H14N2O3S. The summed E-state index contributed by atoms with van der Waals surface area (Å²) >= 11 is 0. The van der Waals surface area contributed by atoms with Crippen LogP contribution >= 0.6 is 0 Å². The summed E-state index contributed by atoms with van der Waals surface area (Å²) in [5.41, 5.74) is 0.907. The van der Waals surface area contributed by atoms with E-state index in [2.05, 4.69) is 5.32 Å². The molecule has 100 valence electrons. The number of benzene rings is 1. The summed E-state index contributed by atoms with van der Waals surface area (Å²) in [5, 5.41) is 10.8. The number of sulfone groups is 1.